The molecular formula is C15H9BrClN3O2S. The quantitative estimate of drug-likeness (QED) is 0.634. The van der Waals surface area contributed by atoms with Crippen molar-refractivity contribution < 1.29 is 4.79 Å². The second kappa shape index (κ2) is 5.92. The molecule has 23 heavy (non-hydrogen) atoms. The summed E-state index contributed by atoms with van der Waals surface area (Å²) in [6, 6.07) is 9.63. The molecule has 0 aliphatic heterocycles. The van der Waals surface area contributed by atoms with Crippen molar-refractivity contribution in [2.24, 2.45) is 5.73 Å². The largest absolute Gasteiger partial charge is 0.366 e. The Morgan fingerprint density at radius 2 is 2.00 bits per heavy atom. The van der Waals surface area contributed by atoms with E-state index in [0.717, 1.165) is 4.47 Å². The fourth-order valence-electron chi connectivity index (χ4n) is 2.25. The Morgan fingerprint density at radius 1 is 1.26 bits per heavy atom. The first-order chi connectivity index (χ1) is 10.9. The van der Waals surface area contributed by atoms with Gasteiger partial charge in [0, 0.05) is 10.0 Å². The number of primary amides is 1. The summed E-state index contributed by atoms with van der Waals surface area (Å²) in [4.78, 5) is 27.1. The van der Waals surface area contributed by atoms with Gasteiger partial charge in [-0.2, -0.15) is 0 Å². The number of hydrogen-bond acceptors (Lipinski definition) is 3. The average Bonchev–Trinajstić information content (AvgIpc) is 2.48. The number of fused-ring (bicyclic) bond motifs is 1. The molecule has 0 saturated heterocycles. The number of carbonyl (C=O) groups excluding carboxylic acids is 1. The maximum atomic E-state index is 12.8. The Labute approximate surface area is 148 Å². The van der Waals surface area contributed by atoms with Crippen LogP contribution in [-0.4, -0.2) is 15.5 Å². The van der Waals surface area contributed by atoms with Gasteiger partial charge < -0.3 is 10.7 Å². The molecule has 1 amide bonds. The van der Waals surface area contributed by atoms with Crippen LogP contribution in [0.2, 0.25) is 5.02 Å². The summed E-state index contributed by atoms with van der Waals surface area (Å²) in [5.41, 5.74) is 6.10. The molecule has 5 nitrogen and oxygen atoms in total. The van der Waals surface area contributed by atoms with Crippen LogP contribution in [0, 0.1) is 4.77 Å². The summed E-state index contributed by atoms with van der Waals surface area (Å²) in [6.45, 7) is 0. The van der Waals surface area contributed by atoms with Crippen molar-refractivity contribution in [3.05, 3.63) is 66.6 Å². The lowest BCUT2D eigenvalue weighted by Gasteiger charge is -2.11. The Kier molecular flexibility index (Phi) is 4.09. The van der Waals surface area contributed by atoms with Gasteiger partial charge in [0.05, 0.1) is 21.6 Å². The van der Waals surface area contributed by atoms with E-state index in [1.54, 1.807) is 18.2 Å². The number of aromatic amines is 1. The zero-order chi connectivity index (χ0) is 16.7. The molecule has 3 aromatic rings. The highest BCUT2D eigenvalue weighted by atomic mass is 79.9. The molecule has 0 bridgehead atoms. The maximum absolute atomic E-state index is 12.8. The minimum absolute atomic E-state index is 0.170. The lowest BCUT2D eigenvalue weighted by Crippen LogP contribution is -2.21. The van der Waals surface area contributed by atoms with Crippen LogP contribution >= 0.6 is 39.7 Å². The van der Waals surface area contributed by atoms with Crippen LogP contribution in [-0.2, 0) is 0 Å². The number of nitrogens with zero attached hydrogens (tertiary/aromatic N) is 1. The summed E-state index contributed by atoms with van der Waals surface area (Å²) >= 11 is 14.8. The maximum Gasteiger partial charge on any atom is 0.266 e. The predicted octanol–water partition coefficient (Wildman–Crippen LogP) is 3.56. The molecule has 8 heteroatoms. The van der Waals surface area contributed by atoms with E-state index >= 15 is 0 Å². The van der Waals surface area contributed by atoms with Crippen LogP contribution in [0.3, 0.4) is 0 Å². The first-order valence-corrected chi connectivity index (χ1v) is 8.01. The Bertz CT molecular complexity index is 1070. The SMILES string of the molecule is NC(=O)c1ccc(Cl)c(-n2c(=S)[nH]c3cc(Br)ccc3c2=O)c1. The molecule has 0 fully saturated rings. The summed E-state index contributed by atoms with van der Waals surface area (Å²) in [6.07, 6.45) is 0. The molecule has 1 aromatic heterocycles. The Hall–Kier alpha value is -1.96. The number of carbonyl (C=O) groups is 1. The van der Waals surface area contributed by atoms with Crippen LogP contribution < -0.4 is 11.3 Å². The molecule has 3 rings (SSSR count). The fraction of sp³-hybridized carbons (Fsp3) is 0. The highest BCUT2D eigenvalue weighted by molar-refractivity contribution is 9.10. The number of hydrogen-bond donors (Lipinski definition) is 2. The predicted molar refractivity (Wildman–Crippen MR) is 96.0 cm³/mol. The molecule has 0 aliphatic rings. The van der Waals surface area contributed by atoms with Crippen LogP contribution in [0.5, 0.6) is 0 Å². The van der Waals surface area contributed by atoms with Gasteiger partial charge in [-0.3, -0.25) is 14.2 Å². The van der Waals surface area contributed by atoms with E-state index in [2.05, 4.69) is 20.9 Å². The number of halogens is 2. The lowest BCUT2D eigenvalue weighted by molar-refractivity contribution is 0.100. The highest BCUT2D eigenvalue weighted by Crippen LogP contribution is 2.22. The molecule has 0 atom stereocenters. The van der Waals surface area contributed by atoms with E-state index in [1.807, 2.05) is 0 Å². The van der Waals surface area contributed by atoms with E-state index in [4.69, 9.17) is 29.6 Å². The number of H-pyrrole nitrogens is 1. The van der Waals surface area contributed by atoms with Crippen LogP contribution in [0.1, 0.15) is 10.4 Å². The molecule has 116 valence electrons. The third-order valence-electron chi connectivity index (χ3n) is 3.33. The lowest BCUT2D eigenvalue weighted by atomic mass is 10.2. The van der Waals surface area contributed by atoms with Crippen molar-refractivity contribution in [2.75, 3.05) is 0 Å². The van der Waals surface area contributed by atoms with Gasteiger partial charge in [0.25, 0.3) is 5.56 Å². The first kappa shape index (κ1) is 15.9. The molecule has 1 heterocycles. The van der Waals surface area contributed by atoms with Crippen molar-refractivity contribution in [1.29, 1.82) is 0 Å². The molecule has 2 aromatic carbocycles. The van der Waals surface area contributed by atoms with E-state index in [-0.39, 0.29) is 20.9 Å². The van der Waals surface area contributed by atoms with E-state index in [1.165, 1.54) is 22.8 Å². The normalized spacial score (nSPS) is 10.9. The van der Waals surface area contributed by atoms with Crippen molar-refractivity contribution in [3.8, 4) is 5.69 Å². The summed E-state index contributed by atoms with van der Waals surface area (Å²) < 4.78 is 2.24. The van der Waals surface area contributed by atoms with E-state index in [9.17, 15) is 9.59 Å². The zero-order valence-electron chi connectivity index (χ0n) is 11.5. The molecule has 0 spiro atoms. The minimum Gasteiger partial charge on any atom is -0.366 e. The number of amides is 1. The second-order valence-electron chi connectivity index (χ2n) is 4.79. The standard InChI is InChI=1S/C15H9BrClN3O2S/c16-8-2-3-9-11(6-8)19-15(23)20(14(9)22)12-5-7(13(18)21)1-4-10(12)17/h1-6H,(H2,18,21)(H,19,23). The average molecular weight is 411 g/mol. The van der Waals surface area contributed by atoms with Crippen molar-refractivity contribution in [3.63, 3.8) is 0 Å². The Morgan fingerprint density at radius 3 is 2.70 bits per heavy atom. The van der Waals surface area contributed by atoms with Gasteiger partial charge in [0.15, 0.2) is 4.77 Å². The topological polar surface area (TPSA) is 80.9 Å². The van der Waals surface area contributed by atoms with Gasteiger partial charge in [0.2, 0.25) is 5.91 Å². The molecule has 0 radical (unpaired) electrons. The van der Waals surface area contributed by atoms with Gasteiger partial charge in [-0.25, -0.2) is 0 Å². The minimum atomic E-state index is -0.615. The number of nitrogens with one attached hydrogen (secondary N) is 1. The smallest absolute Gasteiger partial charge is 0.266 e. The van der Waals surface area contributed by atoms with Crippen LogP contribution in [0.4, 0.5) is 0 Å². The van der Waals surface area contributed by atoms with Gasteiger partial charge in [-0.15, -0.1) is 0 Å². The third kappa shape index (κ3) is 2.83. The highest BCUT2D eigenvalue weighted by Gasteiger charge is 2.13. The number of aromatic nitrogens is 2. The Balaban J connectivity index is 2.40. The second-order valence-corrected chi connectivity index (χ2v) is 6.50. The van der Waals surface area contributed by atoms with Gasteiger partial charge in [-0.05, 0) is 48.6 Å². The first-order valence-electron chi connectivity index (χ1n) is 6.43. The fourth-order valence-corrected chi connectivity index (χ4v) is 3.10. The number of nitrogens with two attached hydrogens (primary N) is 1. The van der Waals surface area contributed by atoms with Gasteiger partial charge >= 0.3 is 0 Å². The molecule has 0 unspecified atom stereocenters. The number of benzene rings is 2. The summed E-state index contributed by atoms with van der Waals surface area (Å²) in [7, 11) is 0. The molecule has 0 saturated carbocycles. The molecule has 3 N–H and O–H groups in total. The van der Waals surface area contributed by atoms with Gasteiger partial charge in [0.1, 0.15) is 0 Å². The summed E-state index contributed by atoms with van der Waals surface area (Å²) in [5, 5.41) is 0.732. The zero-order valence-corrected chi connectivity index (χ0v) is 14.6. The van der Waals surface area contributed by atoms with E-state index in [0.29, 0.717) is 16.6 Å². The van der Waals surface area contributed by atoms with Gasteiger partial charge in [-0.1, -0.05) is 27.5 Å². The third-order valence-corrected chi connectivity index (χ3v) is 4.43. The summed E-state index contributed by atoms with van der Waals surface area (Å²) in [5.74, 6) is -0.615. The van der Waals surface area contributed by atoms with E-state index < -0.39 is 5.91 Å². The molecular weight excluding hydrogens is 402 g/mol. The van der Waals surface area contributed by atoms with Crippen LogP contribution in [0.25, 0.3) is 16.6 Å². The van der Waals surface area contributed by atoms with Crippen molar-refractivity contribution in [2.45, 2.75) is 0 Å². The van der Waals surface area contributed by atoms with Crippen molar-refractivity contribution in [1.82, 2.24) is 9.55 Å². The number of rotatable bonds is 2. The van der Waals surface area contributed by atoms with Crippen molar-refractivity contribution >= 4 is 56.6 Å². The monoisotopic (exact) mass is 409 g/mol. The van der Waals surface area contributed by atoms with Crippen LogP contribution in [0.15, 0.2) is 45.7 Å². The molecule has 0 aliphatic carbocycles.